The molecule has 2 atom stereocenters. The first-order valence-corrected chi connectivity index (χ1v) is 9.02. The molecular weight excluding hydrogens is 378 g/mol. The molecule has 1 saturated heterocycles. The summed E-state index contributed by atoms with van der Waals surface area (Å²) in [5.74, 6) is 0.272. The van der Waals surface area contributed by atoms with Gasteiger partial charge in [0, 0.05) is 19.0 Å². The van der Waals surface area contributed by atoms with Crippen molar-refractivity contribution in [2.24, 2.45) is 11.7 Å². The highest BCUT2D eigenvalue weighted by molar-refractivity contribution is 5.85. The predicted octanol–water partition coefficient (Wildman–Crippen LogP) is 1.41. The van der Waals surface area contributed by atoms with Crippen LogP contribution in [0.5, 0.6) is 0 Å². The Morgan fingerprint density at radius 3 is 2.54 bits per heavy atom. The van der Waals surface area contributed by atoms with Crippen LogP contribution in [0.15, 0.2) is 59.4 Å². The highest BCUT2D eigenvalue weighted by atomic mass is 35.5. The minimum atomic E-state index is -0.303. The highest BCUT2D eigenvalue weighted by Crippen LogP contribution is 2.32. The summed E-state index contributed by atoms with van der Waals surface area (Å²) in [6.45, 7) is 1.58. The predicted molar refractivity (Wildman–Crippen MR) is 109 cm³/mol. The number of likely N-dealkylation sites (tertiary alicyclic amines) is 1. The van der Waals surface area contributed by atoms with E-state index in [1.165, 1.54) is 5.56 Å². The zero-order chi connectivity index (χ0) is 18.8. The lowest BCUT2D eigenvalue weighted by atomic mass is 9.89. The lowest BCUT2D eigenvalue weighted by Gasteiger charge is -2.17. The van der Waals surface area contributed by atoms with Gasteiger partial charge in [-0.05, 0) is 30.2 Å². The van der Waals surface area contributed by atoms with Crippen molar-refractivity contribution in [3.05, 3.63) is 70.5 Å². The molecule has 3 aromatic rings. The summed E-state index contributed by atoms with van der Waals surface area (Å²) in [4.78, 5) is 27.1. The van der Waals surface area contributed by atoms with E-state index in [-0.39, 0.29) is 42.3 Å². The number of amides is 1. The van der Waals surface area contributed by atoms with Gasteiger partial charge in [0.1, 0.15) is 12.1 Å². The van der Waals surface area contributed by atoms with Crippen LogP contribution < -0.4 is 11.3 Å². The standard InChI is InChI=1S/C20H21N5O2.ClH/c21-10-15-11-24(12-17(15)14-6-2-1-3-7-14)19(26)13-25-20(27)16-8-4-5-9-18(16)22-23-25;/h1-9,15,17H,10-13,21H2;1H/t15-,17+;/m1./s1. The number of benzene rings is 2. The first-order chi connectivity index (χ1) is 13.2. The second kappa shape index (κ2) is 8.50. The van der Waals surface area contributed by atoms with E-state index in [2.05, 4.69) is 22.4 Å². The normalized spacial score (nSPS) is 18.8. The van der Waals surface area contributed by atoms with E-state index in [1.807, 2.05) is 18.2 Å². The number of carbonyl (C=O) groups excluding carboxylic acids is 1. The molecule has 1 aliphatic heterocycles. The Kier molecular flexibility index (Phi) is 6.06. The summed E-state index contributed by atoms with van der Waals surface area (Å²) in [5.41, 5.74) is 7.36. The summed E-state index contributed by atoms with van der Waals surface area (Å²) < 4.78 is 1.14. The summed E-state index contributed by atoms with van der Waals surface area (Å²) in [6, 6.07) is 17.1. The van der Waals surface area contributed by atoms with E-state index in [1.54, 1.807) is 29.2 Å². The van der Waals surface area contributed by atoms with Gasteiger partial charge in [0.2, 0.25) is 5.91 Å². The highest BCUT2D eigenvalue weighted by Gasteiger charge is 2.35. The van der Waals surface area contributed by atoms with Crippen LogP contribution in [0.4, 0.5) is 0 Å². The molecule has 1 fully saturated rings. The average molecular weight is 400 g/mol. The Bertz CT molecular complexity index is 1020. The largest absolute Gasteiger partial charge is 0.340 e. The summed E-state index contributed by atoms with van der Waals surface area (Å²) in [5, 5.41) is 8.42. The number of nitrogens with two attached hydrogens (primary N) is 1. The van der Waals surface area contributed by atoms with Gasteiger partial charge in [-0.3, -0.25) is 9.59 Å². The third-order valence-electron chi connectivity index (χ3n) is 5.24. The lowest BCUT2D eigenvalue weighted by molar-refractivity contribution is -0.131. The van der Waals surface area contributed by atoms with Crippen LogP contribution >= 0.6 is 12.4 Å². The first kappa shape index (κ1) is 20.0. The van der Waals surface area contributed by atoms with Gasteiger partial charge < -0.3 is 10.6 Å². The fourth-order valence-corrected chi connectivity index (χ4v) is 3.75. The number of halogens is 1. The Hall–Kier alpha value is -2.77. The Morgan fingerprint density at radius 2 is 1.79 bits per heavy atom. The molecule has 0 aliphatic carbocycles. The number of nitrogens with zero attached hydrogens (tertiary/aromatic N) is 4. The van der Waals surface area contributed by atoms with E-state index in [0.717, 1.165) is 4.68 Å². The van der Waals surface area contributed by atoms with E-state index < -0.39 is 0 Å². The fraction of sp³-hybridized carbons (Fsp3) is 0.300. The van der Waals surface area contributed by atoms with Gasteiger partial charge in [-0.25, -0.2) is 4.68 Å². The number of hydrogen-bond acceptors (Lipinski definition) is 5. The van der Waals surface area contributed by atoms with Crippen LogP contribution in [0, 0.1) is 5.92 Å². The average Bonchev–Trinajstić information content (AvgIpc) is 3.15. The molecule has 2 N–H and O–H groups in total. The maximum atomic E-state index is 12.8. The minimum absolute atomic E-state index is 0. The maximum Gasteiger partial charge on any atom is 0.278 e. The van der Waals surface area contributed by atoms with E-state index in [4.69, 9.17) is 5.73 Å². The fourth-order valence-electron chi connectivity index (χ4n) is 3.75. The van der Waals surface area contributed by atoms with Crippen LogP contribution in [0.2, 0.25) is 0 Å². The number of fused-ring (bicyclic) bond motifs is 1. The molecule has 1 aliphatic rings. The number of aromatic nitrogens is 3. The molecule has 8 heteroatoms. The smallest absolute Gasteiger partial charge is 0.278 e. The van der Waals surface area contributed by atoms with Crippen molar-refractivity contribution in [3.63, 3.8) is 0 Å². The van der Waals surface area contributed by atoms with Crippen molar-refractivity contribution >= 4 is 29.2 Å². The number of rotatable bonds is 4. The second-order valence-corrected chi connectivity index (χ2v) is 6.88. The van der Waals surface area contributed by atoms with Gasteiger partial charge in [0.15, 0.2) is 0 Å². The molecule has 0 radical (unpaired) electrons. The zero-order valence-corrected chi connectivity index (χ0v) is 16.1. The third-order valence-corrected chi connectivity index (χ3v) is 5.24. The van der Waals surface area contributed by atoms with Crippen LogP contribution in [0.3, 0.4) is 0 Å². The van der Waals surface area contributed by atoms with Crippen molar-refractivity contribution < 1.29 is 4.79 Å². The topological polar surface area (TPSA) is 94.1 Å². The molecule has 2 heterocycles. The van der Waals surface area contributed by atoms with Crippen LogP contribution in [-0.4, -0.2) is 45.4 Å². The van der Waals surface area contributed by atoms with Gasteiger partial charge in [0.25, 0.3) is 5.56 Å². The third kappa shape index (κ3) is 3.76. The first-order valence-electron chi connectivity index (χ1n) is 9.02. The molecule has 146 valence electrons. The van der Waals surface area contributed by atoms with Gasteiger partial charge >= 0.3 is 0 Å². The van der Waals surface area contributed by atoms with Crippen molar-refractivity contribution in [1.29, 1.82) is 0 Å². The number of hydrogen-bond donors (Lipinski definition) is 1. The van der Waals surface area contributed by atoms with Crippen molar-refractivity contribution in [3.8, 4) is 0 Å². The monoisotopic (exact) mass is 399 g/mol. The molecule has 4 rings (SSSR count). The lowest BCUT2D eigenvalue weighted by Crippen LogP contribution is -2.37. The second-order valence-electron chi connectivity index (χ2n) is 6.88. The van der Waals surface area contributed by atoms with Gasteiger partial charge in [-0.15, -0.1) is 17.5 Å². The summed E-state index contributed by atoms with van der Waals surface area (Å²) in [6.07, 6.45) is 0. The van der Waals surface area contributed by atoms with Crippen molar-refractivity contribution in [2.45, 2.75) is 12.5 Å². The molecule has 2 aromatic carbocycles. The molecule has 0 saturated carbocycles. The van der Waals surface area contributed by atoms with Crippen LogP contribution in [0.1, 0.15) is 11.5 Å². The number of carbonyl (C=O) groups is 1. The van der Waals surface area contributed by atoms with Crippen molar-refractivity contribution in [2.75, 3.05) is 19.6 Å². The SMILES string of the molecule is Cl.NC[C@@H]1CN(C(=O)Cn2nnc3ccccc3c2=O)C[C@H]1c1ccccc1. The van der Waals surface area contributed by atoms with Crippen molar-refractivity contribution in [1.82, 2.24) is 19.9 Å². The molecule has 7 nitrogen and oxygen atoms in total. The Balaban J connectivity index is 0.00000225. The minimum Gasteiger partial charge on any atom is -0.340 e. The quantitative estimate of drug-likeness (QED) is 0.715. The van der Waals surface area contributed by atoms with Gasteiger partial charge in [-0.2, -0.15) is 0 Å². The maximum absolute atomic E-state index is 12.8. The van der Waals surface area contributed by atoms with E-state index >= 15 is 0 Å². The van der Waals surface area contributed by atoms with Gasteiger partial charge in [-0.1, -0.05) is 47.7 Å². The molecule has 1 amide bonds. The van der Waals surface area contributed by atoms with Gasteiger partial charge in [0.05, 0.1) is 5.39 Å². The molecule has 0 bridgehead atoms. The molecule has 0 unspecified atom stereocenters. The van der Waals surface area contributed by atoms with E-state index in [0.29, 0.717) is 30.5 Å². The van der Waals surface area contributed by atoms with E-state index in [9.17, 15) is 9.59 Å². The summed E-state index contributed by atoms with van der Waals surface area (Å²) in [7, 11) is 0. The molecular formula is C20H22ClN5O2. The van der Waals surface area contributed by atoms with Crippen LogP contribution in [-0.2, 0) is 11.3 Å². The molecule has 1 aromatic heterocycles. The Labute approximate surface area is 168 Å². The molecule has 28 heavy (non-hydrogen) atoms. The van der Waals surface area contributed by atoms with Crippen LogP contribution in [0.25, 0.3) is 10.9 Å². The summed E-state index contributed by atoms with van der Waals surface area (Å²) >= 11 is 0. The molecule has 0 spiro atoms. The Morgan fingerprint density at radius 1 is 1.07 bits per heavy atom. The zero-order valence-electron chi connectivity index (χ0n) is 15.3.